The van der Waals surface area contributed by atoms with Crippen molar-refractivity contribution < 1.29 is 9.15 Å². The van der Waals surface area contributed by atoms with Crippen LogP contribution in [-0.2, 0) is 0 Å². The van der Waals surface area contributed by atoms with Crippen molar-refractivity contribution in [3.05, 3.63) is 150 Å². The minimum atomic E-state index is -0.270. The molecule has 4 heterocycles. The fraction of sp³-hybridized carbons (Fsp3) is 0.0526. The lowest BCUT2D eigenvalue weighted by Crippen LogP contribution is -2.41. The van der Waals surface area contributed by atoms with Gasteiger partial charge in [0.15, 0.2) is 6.23 Å². The first-order valence-electron chi connectivity index (χ1n) is 14.6. The van der Waals surface area contributed by atoms with Crippen molar-refractivity contribution in [3.8, 4) is 16.9 Å². The second-order valence-electron chi connectivity index (χ2n) is 11.0. The Bertz CT molecular complexity index is 2160. The lowest BCUT2D eigenvalue weighted by molar-refractivity contribution is 0.248. The largest absolute Gasteiger partial charge is 0.466 e. The van der Waals surface area contributed by atoms with Crippen LogP contribution in [0.1, 0.15) is 11.1 Å². The van der Waals surface area contributed by atoms with E-state index in [1.54, 1.807) is 0 Å². The summed E-state index contributed by atoms with van der Waals surface area (Å²) in [5.74, 6) is 2.62. The molecule has 0 aliphatic carbocycles. The molecule has 0 amide bonds. The number of furan rings is 1. The van der Waals surface area contributed by atoms with E-state index in [-0.39, 0.29) is 6.23 Å². The Kier molecular flexibility index (Phi) is 5.26. The number of allylic oxidation sites excluding steroid dienone is 2. The number of nitrogens with one attached hydrogen (secondary N) is 2. The van der Waals surface area contributed by atoms with Gasteiger partial charge in [-0.25, -0.2) is 0 Å². The Morgan fingerprint density at radius 3 is 2.51 bits per heavy atom. The fourth-order valence-corrected chi connectivity index (χ4v) is 6.48. The van der Waals surface area contributed by atoms with E-state index in [0.717, 1.165) is 56.5 Å². The average Bonchev–Trinajstić information content (AvgIpc) is 3.63. The lowest BCUT2D eigenvalue weighted by atomic mass is 9.99. The van der Waals surface area contributed by atoms with E-state index in [4.69, 9.17) is 9.15 Å². The molecule has 0 fully saturated rings. The van der Waals surface area contributed by atoms with E-state index in [0.29, 0.717) is 6.54 Å². The standard InChI is InChI=1S/C38H27N3O2/c1-2-8-24(9-3-1)26-15-14-25-16-17-28(23-27(25)22-26)41(32-20-21-39-38-36(32)31-11-5-7-13-34(31)43-38)35-19-18-30-29-10-4-6-12-33(29)42-37(30)40-35/h1-20,22-23,37,39-40H,21H2. The predicted molar refractivity (Wildman–Crippen MR) is 175 cm³/mol. The average molecular weight is 558 g/mol. The van der Waals surface area contributed by atoms with E-state index in [1.807, 2.05) is 24.3 Å². The number of fused-ring (bicyclic) bond motifs is 7. The highest BCUT2D eigenvalue weighted by molar-refractivity contribution is 6.03. The van der Waals surface area contributed by atoms with E-state index >= 15 is 0 Å². The Balaban J connectivity index is 1.22. The normalized spacial score (nSPS) is 16.6. The molecule has 43 heavy (non-hydrogen) atoms. The van der Waals surface area contributed by atoms with Crippen LogP contribution in [0.15, 0.2) is 144 Å². The van der Waals surface area contributed by atoms with Gasteiger partial charge in [0.25, 0.3) is 0 Å². The number of para-hydroxylation sites is 2. The Hall–Kier alpha value is -5.68. The van der Waals surface area contributed by atoms with Crippen molar-refractivity contribution >= 4 is 44.6 Å². The van der Waals surface area contributed by atoms with Crippen LogP contribution in [0.25, 0.3) is 44.1 Å². The van der Waals surface area contributed by atoms with Crippen molar-refractivity contribution in [2.45, 2.75) is 6.23 Å². The maximum atomic E-state index is 6.38. The number of nitrogens with zero attached hydrogens (tertiary/aromatic N) is 1. The first-order chi connectivity index (χ1) is 21.3. The first kappa shape index (κ1) is 24.0. The van der Waals surface area contributed by atoms with Gasteiger partial charge in [-0.2, -0.15) is 0 Å². The van der Waals surface area contributed by atoms with E-state index in [9.17, 15) is 0 Å². The van der Waals surface area contributed by atoms with Gasteiger partial charge in [-0.15, -0.1) is 0 Å². The number of anilines is 2. The zero-order chi connectivity index (χ0) is 28.3. The molecule has 0 spiro atoms. The maximum Gasteiger partial charge on any atom is 0.203 e. The Morgan fingerprint density at radius 2 is 1.56 bits per heavy atom. The zero-order valence-corrected chi connectivity index (χ0v) is 23.2. The Morgan fingerprint density at radius 1 is 0.721 bits per heavy atom. The molecule has 0 saturated heterocycles. The number of ether oxygens (including phenoxy) is 1. The topological polar surface area (TPSA) is 49.7 Å². The number of dihydropyridines is 1. The van der Waals surface area contributed by atoms with E-state index in [1.165, 1.54) is 21.9 Å². The first-order valence-corrected chi connectivity index (χ1v) is 14.6. The van der Waals surface area contributed by atoms with E-state index in [2.05, 4.69) is 125 Å². The molecule has 5 heteroatoms. The van der Waals surface area contributed by atoms with Crippen molar-refractivity contribution in [1.29, 1.82) is 0 Å². The van der Waals surface area contributed by atoms with Crippen molar-refractivity contribution in [2.24, 2.45) is 0 Å². The maximum absolute atomic E-state index is 6.38. The van der Waals surface area contributed by atoms with Crippen LogP contribution in [0.4, 0.5) is 11.6 Å². The third kappa shape index (κ3) is 3.86. The molecule has 0 bridgehead atoms. The molecule has 1 aromatic heterocycles. The molecule has 5 nitrogen and oxygen atoms in total. The van der Waals surface area contributed by atoms with Crippen LogP contribution in [-0.4, -0.2) is 12.8 Å². The van der Waals surface area contributed by atoms with Crippen LogP contribution in [0, 0.1) is 0 Å². The van der Waals surface area contributed by atoms with Crippen LogP contribution < -0.4 is 20.3 Å². The van der Waals surface area contributed by atoms with Gasteiger partial charge in [-0.1, -0.05) is 84.9 Å². The van der Waals surface area contributed by atoms with Gasteiger partial charge in [0.2, 0.25) is 5.88 Å². The molecule has 3 aliphatic heterocycles. The highest BCUT2D eigenvalue weighted by Gasteiger charge is 2.34. The Labute approximate surface area is 249 Å². The monoisotopic (exact) mass is 557 g/mol. The molecule has 206 valence electrons. The predicted octanol–water partition coefficient (Wildman–Crippen LogP) is 8.77. The molecule has 0 saturated carbocycles. The van der Waals surface area contributed by atoms with Crippen molar-refractivity contribution in [2.75, 3.05) is 16.8 Å². The molecule has 2 N–H and O–H groups in total. The third-order valence-electron chi connectivity index (χ3n) is 8.51. The summed E-state index contributed by atoms with van der Waals surface area (Å²) in [6.07, 6.45) is 6.31. The summed E-state index contributed by atoms with van der Waals surface area (Å²) in [5.41, 5.74) is 8.69. The number of hydrogen-bond acceptors (Lipinski definition) is 5. The highest BCUT2D eigenvalue weighted by atomic mass is 16.5. The quantitative estimate of drug-likeness (QED) is 0.227. The van der Waals surface area contributed by atoms with Crippen molar-refractivity contribution in [1.82, 2.24) is 5.32 Å². The summed E-state index contributed by atoms with van der Waals surface area (Å²) in [5, 5.41) is 10.6. The van der Waals surface area contributed by atoms with Gasteiger partial charge < -0.3 is 19.8 Å². The minimum absolute atomic E-state index is 0.270. The minimum Gasteiger partial charge on any atom is -0.466 e. The molecule has 0 radical (unpaired) electrons. The summed E-state index contributed by atoms with van der Waals surface area (Å²) in [6.45, 7) is 0.657. The van der Waals surface area contributed by atoms with E-state index < -0.39 is 0 Å². The second kappa shape index (κ2) is 9.43. The van der Waals surface area contributed by atoms with Crippen LogP contribution in [0.3, 0.4) is 0 Å². The van der Waals surface area contributed by atoms with Crippen LogP contribution in [0.5, 0.6) is 5.75 Å². The third-order valence-corrected chi connectivity index (χ3v) is 8.51. The molecule has 6 aromatic rings. The van der Waals surface area contributed by atoms with Gasteiger partial charge in [-0.3, -0.25) is 4.90 Å². The summed E-state index contributed by atoms with van der Waals surface area (Å²) >= 11 is 0. The van der Waals surface area contributed by atoms with Gasteiger partial charge >= 0.3 is 0 Å². The second-order valence-corrected chi connectivity index (χ2v) is 11.0. The van der Waals surface area contributed by atoms with Crippen LogP contribution >= 0.6 is 0 Å². The van der Waals surface area contributed by atoms with Gasteiger partial charge in [0, 0.05) is 28.8 Å². The summed E-state index contributed by atoms with van der Waals surface area (Å²) < 4.78 is 12.7. The SMILES string of the molecule is C1=C2c3ccccc3OC2NC(N(C2=CCNc3oc4ccccc4c32)c2ccc3ccc(-c4ccccc4)cc3c2)=C1. The number of hydrogen-bond donors (Lipinski definition) is 2. The zero-order valence-electron chi connectivity index (χ0n) is 23.2. The van der Waals surface area contributed by atoms with Crippen molar-refractivity contribution in [3.63, 3.8) is 0 Å². The molecule has 5 aromatic carbocycles. The summed E-state index contributed by atoms with van der Waals surface area (Å²) in [7, 11) is 0. The number of rotatable bonds is 4. The lowest BCUT2D eigenvalue weighted by Gasteiger charge is -2.35. The summed E-state index contributed by atoms with van der Waals surface area (Å²) in [4.78, 5) is 2.30. The summed E-state index contributed by atoms with van der Waals surface area (Å²) in [6, 6.07) is 40.3. The molecule has 3 aliphatic rings. The van der Waals surface area contributed by atoms with Gasteiger partial charge in [0.1, 0.15) is 17.2 Å². The molecule has 9 rings (SSSR count). The highest BCUT2D eigenvalue weighted by Crippen LogP contribution is 2.44. The van der Waals surface area contributed by atoms with Gasteiger partial charge in [0.05, 0.1) is 11.3 Å². The molecule has 1 unspecified atom stereocenters. The molecular weight excluding hydrogens is 530 g/mol. The fourth-order valence-electron chi connectivity index (χ4n) is 6.48. The van der Waals surface area contributed by atoms with Crippen LogP contribution in [0.2, 0.25) is 0 Å². The van der Waals surface area contributed by atoms with Gasteiger partial charge in [-0.05, 0) is 70.5 Å². The number of benzene rings is 5. The molecular formula is C38H27N3O2. The smallest absolute Gasteiger partial charge is 0.203 e. The molecule has 1 atom stereocenters.